The number of aliphatic hydroxyl groups excluding tert-OH is 1. The first-order valence-electron chi connectivity index (χ1n) is 12.5. The second-order valence-electron chi connectivity index (χ2n) is 9.45. The fraction of sp³-hybridized carbons (Fsp3) is 0.552. The van der Waals surface area contributed by atoms with Crippen molar-refractivity contribution in [2.45, 2.75) is 76.9 Å². The summed E-state index contributed by atoms with van der Waals surface area (Å²) in [6.45, 7) is 2.82. The lowest BCUT2D eigenvalue weighted by atomic mass is 9.73. The van der Waals surface area contributed by atoms with E-state index in [1.807, 2.05) is 36.4 Å². The Morgan fingerprint density at radius 3 is 2.82 bits per heavy atom. The molecule has 1 aromatic rings. The van der Waals surface area contributed by atoms with Gasteiger partial charge < -0.3 is 14.9 Å². The van der Waals surface area contributed by atoms with E-state index in [2.05, 4.69) is 37.0 Å². The van der Waals surface area contributed by atoms with E-state index >= 15 is 0 Å². The molecule has 33 heavy (non-hydrogen) atoms. The highest BCUT2D eigenvalue weighted by Crippen LogP contribution is 2.55. The third-order valence-corrected chi connectivity index (χ3v) is 6.93. The van der Waals surface area contributed by atoms with Crippen LogP contribution >= 0.6 is 0 Å². The third kappa shape index (κ3) is 7.32. The van der Waals surface area contributed by atoms with Crippen LogP contribution < -0.4 is 0 Å². The standard InChI is InChI=1S/C29H38O4/c1-2-3-7-14-24(30)17-18-25-26(15-10-4-5-11-16-28(31)32)29(21-27(25)33-22-29)20-19-23-12-8-6-9-13-23/h4,6,8-10,12-13,17-18,24-27,30H,2-3,5,7,11,14-16,21-22H2,1H3,(H,31,32)/t24-,25+,26+,27+,29+/m1/s1. The number of carboxylic acid groups (broad SMARTS) is 1. The number of ether oxygens (including phenoxy) is 1. The number of aliphatic hydroxyl groups is 1. The van der Waals surface area contributed by atoms with Crippen LogP contribution in [-0.2, 0) is 9.53 Å². The predicted octanol–water partition coefficient (Wildman–Crippen LogP) is 5.76. The fourth-order valence-corrected chi connectivity index (χ4v) is 5.09. The Kier molecular flexibility index (Phi) is 9.78. The number of fused-ring (bicyclic) bond motifs is 2. The number of carboxylic acids is 1. The van der Waals surface area contributed by atoms with Crippen LogP contribution in [0.15, 0.2) is 54.6 Å². The summed E-state index contributed by atoms with van der Waals surface area (Å²) in [5.74, 6) is 6.79. The van der Waals surface area contributed by atoms with Crippen molar-refractivity contribution in [3.63, 3.8) is 0 Å². The molecule has 2 N–H and O–H groups in total. The molecule has 0 amide bonds. The normalized spacial score (nSPS) is 27.2. The first-order chi connectivity index (χ1) is 16.0. The van der Waals surface area contributed by atoms with Crippen molar-refractivity contribution < 1.29 is 19.7 Å². The SMILES string of the molecule is CCCCC[C@@H](O)C=C[C@@H]1[C@@H]2C[C@@](C#Cc3ccccc3)(CO2)[C@H]1CC=CCCCC(=O)O. The van der Waals surface area contributed by atoms with Gasteiger partial charge in [-0.3, -0.25) is 4.79 Å². The van der Waals surface area contributed by atoms with E-state index in [1.54, 1.807) is 0 Å². The van der Waals surface area contributed by atoms with Gasteiger partial charge in [0.15, 0.2) is 0 Å². The van der Waals surface area contributed by atoms with Gasteiger partial charge in [-0.1, -0.05) is 80.5 Å². The van der Waals surface area contributed by atoms with Gasteiger partial charge >= 0.3 is 5.97 Å². The zero-order chi connectivity index (χ0) is 23.5. The maximum Gasteiger partial charge on any atom is 0.303 e. The monoisotopic (exact) mass is 450 g/mol. The second-order valence-corrected chi connectivity index (χ2v) is 9.45. The van der Waals surface area contributed by atoms with Crippen molar-refractivity contribution in [3.05, 3.63) is 60.2 Å². The van der Waals surface area contributed by atoms with Crippen molar-refractivity contribution in [1.29, 1.82) is 0 Å². The molecule has 2 aliphatic rings. The van der Waals surface area contributed by atoms with E-state index in [-0.39, 0.29) is 23.9 Å². The Morgan fingerprint density at radius 1 is 1.24 bits per heavy atom. The van der Waals surface area contributed by atoms with Crippen LogP contribution in [0, 0.1) is 29.1 Å². The summed E-state index contributed by atoms with van der Waals surface area (Å²) in [4.78, 5) is 10.7. The molecular formula is C29H38O4. The van der Waals surface area contributed by atoms with Gasteiger partial charge in [-0.05, 0) is 50.2 Å². The largest absolute Gasteiger partial charge is 0.481 e. The molecule has 0 aromatic heterocycles. The number of hydrogen-bond acceptors (Lipinski definition) is 3. The van der Waals surface area contributed by atoms with Crippen LogP contribution in [0.25, 0.3) is 0 Å². The number of carbonyl (C=O) groups is 1. The van der Waals surface area contributed by atoms with Crippen LogP contribution in [0.1, 0.15) is 70.3 Å². The average molecular weight is 451 g/mol. The Bertz CT molecular complexity index is 863. The van der Waals surface area contributed by atoms with Crippen molar-refractivity contribution >= 4 is 5.97 Å². The van der Waals surface area contributed by atoms with Crippen LogP contribution in [-0.4, -0.2) is 35.0 Å². The van der Waals surface area contributed by atoms with Gasteiger partial charge in [0.1, 0.15) is 0 Å². The molecule has 1 aliphatic heterocycles. The molecule has 1 heterocycles. The van der Waals surface area contributed by atoms with E-state index < -0.39 is 12.1 Å². The van der Waals surface area contributed by atoms with Gasteiger partial charge in [-0.25, -0.2) is 0 Å². The molecule has 178 valence electrons. The minimum absolute atomic E-state index is 0.138. The van der Waals surface area contributed by atoms with Crippen LogP contribution in [0.2, 0.25) is 0 Å². The van der Waals surface area contributed by atoms with E-state index in [1.165, 1.54) is 0 Å². The van der Waals surface area contributed by atoms with Crippen LogP contribution in [0.5, 0.6) is 0 Å². The molecule has 0 spiro atoms. The molecule has 2 fully saturated rings. The molecular weight excluding hydrogens is 412 g/mol. The summed E-state index contributed by atoms with van der Waals surface area (Å²) in [7, 11) is 0. The van der Waals surface area contributed by atoms with Gasteiger partial charge in [0, 0.05) is 17.9 Å². The molecule has 5 atom stereocenters. The molecule has 4 heteroatoms. The third-order valence-electron chi connectivity index (χ3n) is 6.93. The van der Waals surface area contributed by atoms with E-state index in [4.69, 9.17) is 9.84 Å². The highest BCUT2D eigenvalue weighted by Gasteiger charge is 2.57. The van der Waals surface area contributed by atoms with Gasteiger partial charge in [-0.2, -0.15) is 0 Å². The first-order valence-corrected chi connectivity index (χ1v) is 12.5. The Balaban J connectivity index is 1.72. The minimum Gasteiger partial charge on any atom is -0.481 e. The van der Waals surface area contributed by atoms with Gasteiger partial charge in [0.25, 0.3) is 0 Å². The van der Waals surface area contributed by atoms with E-state index in [0.29, 0.717) is 18.9 Å². The number of benzene rings is 1. The highest BCUT2D eigenvalue weighted by molar-refractivity contribution is 5.66. The smallest absolute Gasteiger partial charge is 0.303 e. The van der Waals surface area contributed by atoms with Crippen LogP contribution in [0.3, 0.4) is 0 Å². The number of hydrogen-bond donors (Lipinski definition) is 2. The molecule has 1 aromatic carbocycles. The average Bonchev–Trinajstić information content (AvgIpc) is 3.36. The van der Waals surface area contributed by atoms with Crippen molar-refractivity contribution in [1.82, 2.24) is 0 Å². The Hall–Kier alpha value is -2.35. The molecule has 3 rings (SSSR count). The number of rotatable bonds is 12. The molecule has 1 saturated carbocycles. The van der Waals surface area contributed by atoms with E-state index in [0.717, 1.165) is 50.5 Å². The number of aliphatic carboxylic acids is 1. The zero-order valence-electron chi connectivity index (χ0n) is 19.8. The van der Waals surface area contributed by atoms with Gasteiger partial charge in [0.05, 0.1) is 24.2 Å². The maximum atomic E-state index is 10.7. The predicted molar refractivity (Wildman–Crippen MR) is 132 cm³/mol. The lowest BCUT2D eigenvalue weighted by molar-refractivity contribution is -0.137. The second kappa shape index (κ2) is 12.8. The maximum absolute atomic E-state index is 10.7. The molecule has 0 unspecified atom stereocenters. The minimum atomic E-state index is -0.744. The van der Waals surface area contributed by atoms with E-state index in [9.17, 15) is 9.90 Å². The number of allylic oxidation sites excluding steroid dienone is 2. The molecule has 1 aliphatic carbocycles. The van der Waals surface area contributed by atoms with Crippen molar-refractivity contribution in [2.75, 3.05) is 6.61 Å². The molecule has 1 saturated heterocycles. The zero-order valence-corrected chi connectivity index (χ0v) is 19.8. The highest BCUT2D eigenvalue weighted by atomic mass is 16.5. The first kappa shape index (κ1) is 25.3. The van der Waals surface area contributed by atoms with Crippen LogP contribution in [0.4, 0.5) is 0 Å². The molecule has 0 radical (unpaired) electrons. The van der Waals surface area contributed by atoms with Gasteiger partial charge in [0.2, 0.25) is 0 Å². The summed E-state index contributed by atoms with van der Waals surface area (Å²) >= 11 is 0. The lowest BCUT2D eigenvalue weighted by Crippen LogP contribution is -2.35. The summed E-state index contributed by atoms with van der Waals surface area (Å²) in [5.41, 5.74) is 0.831. The van der Waals surface area contributed by atoms with Gasteiger partial charge in [-0.15, -0.1) is 0 Å². The molecule has 2 bridgehead atoms. The Morgan fingerprint density at radius 2 is 2.06 bits per heavy atom. The summed E-state index contributed by atoms with van der Waals surface area (Å²) in [6, 6.07) is 10.1. The Labute approximate surface area is 198 Å². The van der Waals surface area contributed by atoms with Crippen molar-refractivity contribution in [3.8, 4) is 11.8 Å². The lowest BCUT2D eigenvalue weighted by Gasteiger charge is -2.34. The summed E-state index contributed by atoms with van der Waals surface area (Å²) in [6.07, 6.45) is 15.8. The summed E-state index contributed by atoms with van der Waals surface area (Å²) < 4.78 is 6.16. The van der Waals surface area contributed by atoms with Crippen molar-refractivity contribution in [2.24, 2.45) is 17.3 Å². The number of unbranched alkanes of at least 4 members (excludes halogenated alkanes) is 3. The summed E-state index contributed by atoms with van der Waals surface area (Å²) in [5, 5.41) is 19.2. The topological polar surface area (TPSA) is 66.8 Å². The fourth-order valence-electron chi connectivity index (χ4n) is 5.09. The molecule has 4 nitrogen and oxygen atoms in total. The quantitative estimate of drug-likeness (QED) is 0.241.